The highest BCUT2D eigenvalue weighted by molar-refractivity contribution is 5.82. The van der Waals surface area contributed by atoms with E-state index >= 15 is 0 Å². The largest absolute Gasteiger partial charge is 0.390 e. The third kappa shape index (κ3) is 4.02. The molecule has 5 nitrogen and oxygen atoms in total. The summed E-state index contributed by atoms with van der Waals surface area (Å²) in [6, 6.07) is -0.974. The number of hydrogen-bond donors (Lipinski definition) is 2. The normalized spacial score (nSPS) is 16.8. The van der Waals surface area contributed by atoms with Crippen LogP contribution in [0.1, 0.15) is 20.3 Å². The van der Waals surface area contributed by atoms with Crippen LogP contribution in [0.5, 0.6) is 0 Å². The molecule has 0 aromatic carbocycles. The fourth-order valence-electron chi connectivity index (χ4n) is 1.48. The molecule has 0 spiro atoms. The Balaban J connectivity index is 4.66. The maximum Gasteiger partial charge on any atom is 0.242 e. The number of rotatable bonds is 7. The van der Waals surface area contributed by atoms with Crippen molar-refractivity contribution in [3.8, 4) is 0 Å². The van der Waals surface area contributed by atoms with Crippen LogP contribution >= 0.6 is 0 Å². The van der Waals surface area contributed by atoms with Crippen molar-refractivity contribution in [2.45, 2.75) is 32.4 Å². The molecular formula is C11H20N2O3. The van der Waals surface area contributed by atoms with E-state index in [1.807, 2.05) is 19.1 Å². The van der Waals surface area contributed by atoms with Crippen LogP contribution in [0.4, 0.5) is 0 Å². The molecular weight excluding hydrogens is 208 g/mol. The highest BCUT2D eigenvalue weighted by Crippen LogP contribution is 2.15. The first kappa shape index (κ1) is 14.6. The number of carbonyl (C=O) groups is 2. The summed E-state index contributed by atoms with van der Waals surface area (Å²) >= 11 is 0. The Hall–Kier alpha value is -1.36. The van der Waals surface area contributed by atoms with Gasteiger partial charge in [-0.05, 0) is 19.3 Å². The van der Waals surface area contributed by atoms with Gasteiger partial charge in [-0.1, -0.05) is 19.1 Å². The summed E-state index contributed by atoms with van der Waals surface area (Å²) in [7, 11) is 1.42. The van der Waals surface area contributed by atoms with Crippen molar-refractivity contribution in [2.75, 3.05) is 7.05 Å². The Morgan fingerprint density at radius 3 is 2.50 bits per heavy atom. The lowest BCUT2D eigenvalue weighted by Gasteiger charge is -2.29. The Kier molecular flexibility index (Phi) is 6.41. The summed E-state index contributed by atoms with van der Waals surface area (Å²) < 4.78 is 0. The molecule has 0 unspecified atom stereocenters. The van der Waals surface area contributed by atoms with Crippen LogP contribution in [0.2, 0.25) is 0 Å². The van der Waals surface area contributed by atoms with Gasteiger partial charge in [-0.25, -0.2) is 0 Å². The molecule has 0 saturated heterocycles. The highest BCUT2D eigenvalue weighted by Gasteiger charge is 2.31. The monoisotopic (exact) mass is 228 g/mol. The van der Waals surface area contributed by atoms with Crippen LogP contribution in [0.25, 0.3) is 0 Å². The van der Waals surface area contributed by atoms with Crippen molar-refractivity contribution in [3.05, 3.63) is 12.2 Å². The van der Waals surface area contributed by atoms with Gasteiger partial charge in [-0.2, -0.15) is 0 Å². The first-order valence-corrected chi connectivity index (χ1v) is 5.21. The van der Waals surface area contributed by atoms with E-state index in [9.17, 15) is 14.7 Å². The zero-order valence-electron chi connectivity index (χ0n) is 9.96. The summed E-state index contributed by atoms with van der Waals surface area (Å²) in [5.74, 6) is -0.842. The molecule has 0 aromatic heterocycles. The third-order valence-corrected chi connectivity index (χ3v) is 2.55. The first-order valence-electron chi connectivity index (χ1n) is 5.21. The van der Waals surface area contributed by atoms with E-state index in [0.29, 0.717) is 12.8 Å². The van der Waals surface area contributed by atoms with E-state index < -0.39 is 18.1 Å². The SMILES string of the molecule is C/C=C/C[C@@H](C)[C@@H](O)[C@@H](C(N)=O)N(C)C=O. The van der Waals surface area contributed by atoms with E-state index in [1.54, 1.807) is 6.92 Å². The molecule has 5 heteroatoms. The average molecular weight is 228 g/mol. The zero-order valence-corrected chi connectivity index (χ0v) is 9.96. The topological polar surface area (TPSA) is 83.6 Å². The van der Waals surface area contributed by atoms with Gasteiger partial charge >= 0.3 is 0 Å². The van der Waals surface area contributed by atoms with Crippen LogP contribution in [0.3, 0.4) is 0 Å². The Labute approximate surface area is 95.9 Å². The third-order valence-electron chi connectivity index (χ3n) is 2.55. The first-order chi connectivity index (χ1) is 7.45. The number of aliphatic hydroxyl groups is 1. The number of amides is 2. The molecule has 0 aliphatic rings. The highest BCUT2D eigenvalue weighted by atomic mass is 16.3. The van der Waals surface area contributed by atoms with Gasteiger partial charge in [0.15, 0.2) is 0 Å². The van der Waals surface area contributed by atoms with Crippen molar-refractivity contribution in [1.29, 1.82) is 0 Å². The van der Waals surface area contributed by atoms with Gasteiger partial charge in [0.1, 0.15) is 6.04 Å². The van der Waals surface area contributed by atoms with Crippen molar-refractivity contribution < 1.29 is 14.7 Å². The molecule has 0 rings (SSSR count). The van der Waals surface area contributed by atoms with Gasteiger partial charge in [0.2, 0.25) is 12.3 Å². The molecule has 0 heterocycles. The van der Waals surface area contributed by atoms with E-state index in [2.05, 4.69) is 0 Å². The van der Waals surface area contributed by atoms with Gasteiger partial charge in [0, 0.05) is 7.05 Å². The molecule has 0 aromatic rings. The number of nitrogens with two attached hydrogens (primary N) is 1. The maximum absolute atomic E-state index is 11.2. The smallest absolute Gasteiger partial charge is 0.242 e. The van der Waals surface area contributed by atoms with Crippen LogP contribution in [0, 0.1) is 5.92 Å². The summed E-state index contributed by atoms with van der Waals surface area (Å²) in [5.41, 5.74) is 5.16. The number of aliphatic hydroxyl groups excluding tert-OH is 1. The van der Waals surface area contributed by atoms with E-state index in [0.717, 1.165) is 4.90 Å². The maximum atomic E-state index is 11.2. The summed E-state index contributed by atoms with van der Waals surface area (Å²) in [6.45, 7) is 3.68. The van der Waals surface area contributed by atoms with Crippen LogP contribution in [0.15, 0.2) is 12.2 Å². The Morgan fingerprint density at radius 1 is 1.56 bits per heavy atom. The zero-order chi connectivity index (χ0) is 12.7. The summed E-state index contributed by atoms with van der Waals surface area (Å²) in [6.07, 6.45) is 3.93. The van der Waals surface area contributed by atoms with Crippen LogP contribution in [-0.4, -0.2) is 41.5 Å². The molecule has 0 bridgehead atoms. The van der Waals surface area contributed by atoms with Gasteiger partial charge in [-0.3, -0.25) is 9.59 Å². The molecule has 0 saturated carbocycles. The molecule has 2 amide bonds. The molecule has 3 atom stereocenters. The molecule has 0 aliphatic carbocycles. The van der Waals surface area contributed by atoms with Crippen molar-refractivity contribution >= 4 is 12.3 Å². The summed E-state index contributed by atoms with van der Waals surface area (Å²) in [4.78, 5) is 22.8. The second kappa shape index (κ2) is 7.00. The predicted molar refractivity (Wildman–Crippen MR) is 61.4 cm³/mol. The van der Waals surface area contributed by atoms with Crippen molar-refractivity contribution in [3.63, 3.8) is 0 Å². The molecule has 3 N–H and O–H groups in total. The second-order valence-electron chi connectivity index (χ2n) is 3.89. The lowest BCUT2D eigenvalue weighted by molar-refractivity contribution is -0.135. The van der Waals surface area contributed by atoms with E-state index in [1.165, 1.54) is 7.05 Å². The molecule has 16 heavy (non-hydrogen) atoms. The standard InChI is InChI=1S/C11H20N2O3/c1-4-5-6-8(2)10(15)9(11(12)16)13(3)7-14/h4-5,7-10,15H,6H2,1-3H3,(H2,12,16)/b5-4+/t8-,9+,10-/m1/s1. The minimum Gasteiger partial charge on any atom is -0.390 e. The van der Waals surface area contributed by atoms with Gasteiger partial charge in [0.25, 0.3) is 0 Å². The number of allylic oxidation sites excluding steroid dienone is 2. The Morgan fingerprint density at radius 2 is 2.12 bits per heavy atom. The van der Waals surface area contributed by atoms with Crippen LogP contribution < -0.4 is 5.73 Å². The fourth-order valence-corrected chi connectivity index (χ4v) is 1.48. The van der Waals surface area contributed by atoms with Gasteiger partial charge in [0.05, 0.1) is 6.10 Å². The van der Waals surface area contributed by atoms with E-state index in [-0.39, 0.29) is 5.92 Å². The summed E-state index contributed by atoms with van der Waals surface area (Å²) in [5, 5.41) is 9.94. The number of carbonyl (C=O) groups excluding carboxylic acids is 2. The quantitative estimate of drug-likeness (QED) is 0.471. The molecule has 0 radical (unpaired) electrons. The van der Waals surface area contributed by atoms with E-state index in [4.69, 9.17) is 5.73 Å². The molecule has 0 aliphatic heterocycles. The van der Waals surface area contributed by atoms with Gasteiger partial charge < -0.3 is 15.7 Å². The fraction of sp³-hybridized carbons (Fsp3) is 0.636. The average Bonchev–Trinajstić information content (AvgIpc) is 2.24. The lowest BCUT2D eigenvalue weighted by Crippen LogP contribution is -2.51. The van der Waals surface area contributed by atoms with Crippen molar-refractivity contribution in [1.82, 2.24) is 4.90 Å². The molecule has 92 valence electrons. The molecule has 0 fully saturated rings. The predicted octanol–water partition coefficient (Wildman–Crippen LogP) is -0.108. The minimum atomic E-state index is -0.974. The van der Waals surface area contributed by atoms with Crippen LogP contribution in [-0.2, 0) is 9.59 Å². The second-order valence-corrected chi connectivity index (χ2v) is 3.89. The number of likely N-dealkylation sites (N-methyl/N-ethyl adjacent to an activating group) is 1. The lowest BCUT2D eigenvalue weighted by atomic mass is 9.93. The van der Waals surface area contributed by atoms with Crippen molar-refractivity contribution in [2.24, 2.45) is 11.7 Å². The Bertz CT molecular complexity index is 266. The number of nitrogens with zero attached hydrogens (tertiary/aromatic N) is 1. The number of hydrogen-bond acceptors (Lipinski definition) is 3. The number of primary amides is 1. The minimum absolute atomic E-state index is 0.143. The van der Waals surface area contributed by atoms with Gasteiger partial charge in [-0.15, -0.1) is 0 Å².